The van der Waals surface area contributed by atoms with Gasteiger partial charge < -0.3 is 15.8 Å². The van der Waals surface area contributed by atoms with Crippen LogP contribution in [0.5, 0.6) is 0 Å². The van der Waals surface area contributed by atoms with Gasteiger partial charge in [-0.15, -0.1) is 24.8 Å². The lowest BCUT2D eigenvalue weighted by molar-refractivity contribution is -0.123. The Labute approximate surface area is 167 Å². The number of benzene rings is 1. The van der Waals surface area contributed by atoms with E-state index in [2.05, 4.69) is 16.3 Å². The van der Waals surface area contributed by atoms with Crippen LogP contribution in [0.15, 0.2) is 24.3 Å². The van der Waals surface area contributed by atoms with Crippen LogP contribution >= 0.6 is 36.4 Å². The molecule has 0 aromatic heterocycles. The quantitative estimate of drug-likeness (QED) is 0.722. The summed E-state index contributed by atoms with van der Waals surface area (Å²) in [4.78, 5) is 14.3. The second-order valence-electron chi connectivity index (χ2n) is 6.06. The van der Waals surface area contributed by atoms with Gasteiger partial charge in [-0.3, -0.25) is 9.69 Å². The van der Waals surface area contributed by atoms with E-state index in [-0.39, 0.29) is 37.3 Å². The van der Waals surface area contributed by atoms with Gasteiger partial charge >= 0.3 is 0 Å². The van der Waals surface area contributed by atoms with E-state index in [1.165, 1.54) is 18.4 Å². The van der Waals surface area contributed by atoms with Crippen molar-refractivity contribution in [1.29, 1.82) is 0 Å². The first-order chi connectivity index (χ1) is 11.1. The largest absolute Gasteiger partial charge is 0.383 e. The van der Waals surface area contributed by atoms with Gasteiger partial charge in [0, 0.05) is 31.3 Å². The first-order valence-electron chi connectivity index (χ1n) is 8.11. The summed E-state index contributed by atoms with van der Waals surface area (Å²) < 4.78 is 4.92. The summed E-state index contributed by atoms with van der Waals surface area (Å²) in [6.07, 6.45) is 3.46. The second-order valence-corrected chi connectivity index (χ2v) is 6.49. The maximum Gasteiger partial charge on any atom is 0.239 e. The lowest BCUT2D eigenvalue weighted by atomic mass is 10.0. The smallest absolute Gasteiger partial charge is 0.239 e. The van der Waals surface area contributed by atoms with Crippen LogP contribution in [0.2, 0.25) is 5.02 Å². The molecule has 2 rings (SSSR count). The predicted octanol–water partition coefficient (Wildman–Crippen LogP) is 2.63. The number of hydrogen-bond acceptors (Lipinski definition) is 4. The normalized spacial score (nSPS) is 18.6. The minimum atomic E-state index is -0.607. The molecule has 8 heteroatoms. The summed E-state index contributed by atoms with van der Waals surface area (Å²) in [5.41, 5.74) is 6.95. The maximum atomic E-state index is 11.9. The van der Waals surface area contributed by atoms with Crippen LogP contribution in [0.3, 0.4) is 0 Å². The van der Waals surface area contributed by atoms with E-state index in [1.54, 1.807) is 7.11 Å². The minimum absolute atomic E-state index is 0. The van der Waals surface area contributed by atoms with Crippen LogP contribution in [-0.2, 0) is 16.1 Å². The van der Waals surface area contributed by atoms with Crippen molar-refractivity contribution in [3.8, 4) is 0 Å². The van der Waals surface area contributed by atoms with Crippen molar-refractivity contribution in [2.75, 3.05) is 26.8 Å². The summed E-state index contributed by atoms with van der Waals surface area (Å²) in [5, 5.41) is 3.71. The van der Waals surface area contributed by atoms with Crippen LogP contribution in [-0.4, -0.2) is 49.7 Å². The first kappa shape index (κ1) is 24.4. The third-order valence-corrected chi connectivity index (χ3v) is 4.45. The average molecular weight is 413 g/mol. The summed E-state index contributed by atoms with van der Waals surface area (Å²) in [7, 11) is 1.54. The second kappa shape index (κ2) is 12.7. The molecule has 1 amide bonds. The summed E-state index contributed by atoms with van der Waals surface area (Å²) in [6, 6.07) is 7.68. The van der Waals surface area contributed by atoms with Gasteiger partial charge in [0.05, 0.1) is 6.61 Å². The van der Waals surface area contributed by atoms with Crippen LogP contribution in [0, 0.1) is 0 Å². The number of methoxy groups -OCH3 is 1. The number of hydrogen-bond donors (Lipinski definition) is 2. The molecule has 144 valence electrons. The molecule has 1 fully saturated rings. The van der Waals surface area contributed by atoms with Crippen molar-refractivity contribution in [3.63, 3.8) is 0 Å². The highest BCUT2D eigenvalue weighted by Crippen LogP contribution is 2.20. The van der Waals surface area contributed by atoms with Gasteiger partial charge in [0.15, 0.2) is 0 Å². The molecule has 0 radical (unpaired) electrons. The Morgan fingerprint density at radius 3 is 2.88 bits per heavy atom. The Bertz CT molecular complexity index is 520. The molecule has 1 aliphatic rings. The molecule has 2 unspecified atom stereocenters. The molecule has 1 saturated heterocycles. The van der Waals surface area contributed by atoms with Gasteiger partial charge in [-0.25, -0.2) is 0 Å². The van der Waals surface area contributed by atoms with Crippen LogP contribution in [0.1, 0.15) is 24.8 Å². The minimum Gasteiger partial charge on any atom is -0.383 e. The molecular formula is C17H28Cl3N3O2. The van der Waals surface area contributed by atoms with E-state index in [9.17, 15) is 4.79 Å². The number of halogens is 3. The van der Waals surface area contributed by atoms with Crippen LogP contribution in [0.4, 0.5) is 0 Å². The zero-order valence-corrected chi connectivity index (χ0v) is 16.8. The van der Waals surface area contributed by atoms with Gasteiger partial charge in [0.25, 0.3) is 0 Å². The highest BCUT2D eigenvalue weighted by molar-refractivity contribution is 6.30. The Balaban J connectivity index is 0.00000288. The van der Waals surface area contributed by atoms with Gasteiger partial charge in [-0.2, -0.15) is 0 Å². The monoisotopic (exact) mass is 411 g/mol. The van der Waals surface area contributed by atoms with E-state index in [0.717, 1.165) is 24.5 Å². The van der Waals surface area contributed by atoms with E-state index in [0.29, 0.717) is 12.6 Å². The number of rotatable bonds is 7. The van der Waals surface area contributed by atoms with Crippen molar-refractivity contribution < 1.29 is 9.53 Å². The molecule has 2 atom stereocenters. The fraction of sp³-hybridized carbons (Fsp3) is 0.588. The topological polar surface area (TPSA) is 67.6 Å². The number of nitrogens with one attached hydrogen (secondary N) is 1. The fourth-order valence-electron chi connectivity index (χ4n) is 2.97. The fourth-order valence-corrected chi connectivity index (χ4v) is 3.19. The number of nitrogens with two attached hydrogens (primary N) is 1. The lowest BCUT2D eigenvalue weighted by Crippen LogP contribution is -2.50. The highest BCUT2D eigenvalue weighted by atomic mass is 35.5. The van der Waals surface area contributed by atoms with Crippen LogP contribution in [0.25, 0.3) is 0 Å². The zero-order chi connectivity index (χ0) is 16.7. The van der Waals surface area contributed by atoms with Gasteiger partial charge in [0.2, 0.25) is 5.91 Å². The number of likely N-dealkylation sites (tertiary alicyclic amines) is 1. The van der Waals surface area contributed by atoms with Crippen molar-refractivity contribution in [2.45, 2.75) is 37.9 Å². The first-order valence-corrected chi connectivity index (χ1v) is 8.48. The number of amides is 1. The third kappa shape index (κ3) is 8.11. The number of carbonyl (C=O) groups excluding carboxylic acids is 1. The Kier molecular flexibility index (Phi) is 12.5. The molecule has 1 aromatic carbocycles. The number of piperidine rings is 1. The third-order valence-electron chi connectivity index (χ3n) is 4.22. The van der Waals surface area contributed by atoms with Crippen LogP contribution < -0.4 is 11.1 Å². The Morgan fingerprint density at radius 2 is 2.20 bits per heavy atom. The Hall–Kier alpha value is -0.560. The lowest BCUT2D eigenvalue weighted by Gasteiger charge is -2.36. The van der Waals surface area contributed by atoms with E-state index < -0.39 is 6.04 Å². The van der Waals surface area contributed by atoms with Crippen molar-refractivity contribution >= 4 is 42.3 Å². The number of nitrogens with zero attached hydrogens (tertiary/aromatic N) is 1. The summed E-state index contributed by atoms with van der Waals surface area (Å²) >= 11 is 6.06. The molecule has 1 aliphatic heterocycles. The summed E-state index contributed by atoms with van der Waals surface area (Å²) in [5.74, 6) is -0.153. The zero-order valence-electron chi connectivity index (χ0n) is 14.4. The maximum absolute atomic E-state index is 11.9. The molecule has 0 spiro atoms. The molecule has 3 N–H and O–H groups in total. The van der Waals surface area contributed by atoms with Crippen molar-refractivity contribution in [2.24, 2.45) is 5.73 Å². The van der Waals surface area contributed by atoms with Gasteiger partial charge in [-0.05, 0) is 37.1 Å². The number of carbonyl (C=O) groups is 1. The Morgan fingerprint density at radius 1 is 1.44 bits per heavy atom. The van der Waals surface area contributed by atoms with E-state index >= 15 is 0 Å². The molecule has 0 bridgehead atoms. The molecule has 5 nitrogen and oxygen atoms in total. The van der Waals surface area contributed by atoms with Gasteiger partial charge in [0.1, 0.15) is 6.04 Å². The predicted molar refractivity (Wildman–Crippen MR) is 107 cm³/mol. The number of ether oxygens (including phenoxy) is 1. The molecule has 0 aliphatic carbocycles. The van der Waals surface area contributed by atoms with E-state index in [1.807, 2.05) is 18.2 Å². The molecule has 1 aromatic rings. The molecule has 25 heavy (non-hydrogen) atoms. The molecular weight excluding hydrogens is 385 g/mol. The highest BCUT2D eigenvalue weighted by Gasteiger charge is 2.24. The van der Waals surface area contributed by atoms with Crippen molar-refractivity contribution in [3.05, 3.63) is 34.9 Å². The van der Waals surface area contributed by atoms with Crippen molar-refractivity contribution in [1.82, 2.24) is 10.2 Å². The SMILES string of the molecule is COCC(N)C(=O)NCC1CCCCN1Cc1cccc(Cl)c1.Cl.Cl. The summed E-state index contributed by atoms with van der Waals surface area (Å²) in [6.45, 7) is 2.75. The van der Waals surface area contributed by atoms with Gasteiger partial charge in [-0.1, -0.05) is 30.2 Å². The van der Waals surface area contributed by atoms with E-state index in [4.69, 9.17) is 22.1 Å². The average Bonchev–Trinajstić information content (AvgIpc) is 2.54. The molecule has 0 saturated carbocycles. The molecule has 1 heterocycles. The standard InChI is InChI=1S/C17H26ClN3O2.2ClH/c1-23-12-16(19)17(22)20-10-15-7-2-3-8-21(15)11-13-5-4-6-14(18)9-13;;/h4-6,9,15-16H,2-3,7-8,10-12,19H2,1H3,(H,20,22);2*1H.